The zero-order valence-corrected chi connectivity index (χ0v) is 14.7. The second-order valence-corrected chi connectivity index (χ2v) is 7.35. The Hall–Kier alpha value is -0.420. The Kier molecular flexibility index (Phi) is 6.30. The topological polar surface area (TPSA) is 30.5 Å². The molecule has 2 aliphatic rings. The largest absolute Gasteiger partial charge is 0.379 e. The summed E-state index contributed by atoms with van der Waals surface area (Å²) in [5.41, 5.74) is 1.47. The third kappa shape index (κ3) is 4.79. The number of rotatable bonds is 8. The summed E-state index contributed by atoms with van der Waals surface area (Å²) in [5, 5.41) is 3.64. The van der Waals surface area contributed by atoms with Crippen molar-refractivity contribution in [2.45, 2.75) is 50.2 Å². The van der Waals surface area contributed by atoms with Crippen LogP contribution in [0.5, 0.6) is 0 Å². The lowest BCUT2D eigenvalue weighted by Gasteiger charge is -2.36. The first-order valence-electron chi connectivity index (χ1n) is 8.49. The molecule has 0 aromatic heterocycles. The monoisotopic (exact) mass is 367 g/mol. The predicted octanol–water partition coefficient (Wildman–Crippen LogP) is 3.87. The Labute approximate surface area is 141 Å². The standard InChI is InChI=1S/C18H26BrNO2/c19-16-6-4-14(5-7-16)15-11-17(12-15)20-8-2-9-21-13-18-3-1-10-22-18/h4-7,15,17-18,20H,1-3,8-13H2. The molecule has 0 radical (unpaired) electrons. The fourth-order valence-electron chi connectivity index (χ4n) is 3.26. The third-order valence-corrected chi connectivity index (χ3v) is 5.23. The van der Waals surface area contributed by atoms with Gasteiger partial charge in [-0.05, 0) is 62.3 Å². The summed E-state index contributed by atoms with van der Waals surface area (Å²) in [6.07, 6.45) is 6.32. The molecule has 0 bridgehead atoms. The molecular weight excluding hydrogens is 342 g/mol. The molecule has 1 heterocycles. The van der Waals surface area contributed by atoms with Gasteiger partial charge >= 0.3 is 0 Å². The third-order valence-electron chi connectivity index (χ3n) is 4.71. The van der Waals surface area contributed by atoms with Crippen LogP contribution in [0.1, 0.15) is 43.6 Å². The van der Waals surface area contributed by atoms with Crippen LogP contribution in [-0.2, 0) is 9.47 Å². The van der Waals surface area contributed by atoms with Crippen LogP contribution in [0.2, 0.25) is 0 Å². The van der Waals surface area contributed by atoms with Crippen molar-refractivity contribution in [2.75, 3.05) is 26.4 Å². The van der Waals surface area contributed by atoms with Gasteiger partial charge in [-0.15, -0.1) is 0 Å². The van der Waals surface area contributed by atoms with Gasteiger partial charge < -0.3 is 14.8 Å². The van der Waals surface area contributed by atoms with Crippen LogP contribution in [-0.4, -0.2) is 38.5 Å². The Bertz CT molecular complexity index is 439. The number of hydrogen-bond donors (Lipinski definition) is 1. The Morgan fingerprint density at radius 1 is 1.23 bits per heavy atom. The lowest BCUT2D eigenvalue weighted by molar-refractivity contribution is 0.0163. The maximum Gasteiger partial charge on any atom is 0.0809 e. The summed E-state index contributed by atoms with van der Waals surface area (Å²) >= 11 is 3.49. The Morgan fingerprint density at radius 3 is 2.77 bits per heavy atom. The van der Waals surface area contributed by atoms with Gasteiger partial charge in [0.15, 0.2) is 0 Å². The molecule has 1 aromatic carbocycles. The number of nitrogens with one attached hydrogen (secondary N) is 1. The van der Waals surface area contributed by atoms with E-state index >= 15 is 0 Å². The fraction of sp³-hybridized carbons (Fsp3) is 0.667. The highest BCUT2D eigenvalue weighted by Gasteiger charge is 2.29. The molecule has 0 spiro atoms. The van der Waals surface area contributed by atoms with Crippen LogP contribution >= 0.6 is 15.9 Å². The zero-order valence-electron chi connectivity index (χ0n) is 13.1. The van der Waals surface area contributed by atoms with Crippen molar-refractivity contribution in [1.82, 2.24) is 5.32 Å². The summed E-state index contributed by atoms with van der Waals surface area (Å²) in [6, 6.07) is 9.45. The average Bonchev–Trinajstić information content (AvgIpc) is 2.99. The van der Waals surface area contributed by atoms with E-state index in [1.54, 1.807) is 0 Å². The lowest BCUT2D eigenvalue weighted by atomic mass is 9.76. The normalized spacial score (nSPS) is 27.8. The van der Waals surface area contributed by atoms with E-state index in [9.17, 15) is 0 Å². The molecule has 1 saturated carbocycles. The number of benzene rings is 1. The van der Waals surface area contributed by atoms with Crippen LogP contribution in [0, 0.1) is 0 Å². The van der Waals surface area contributed by atoms with Gasteiger partial charge in [0.1, 0.15) is 0 Å². The molecule has 1 aliphatic heterocycles. The summed E-state index contributed by atoms with van der Waals surface area (Å²) in [4.78, 5) is 0. The van der Waals surface area contributed by atoms with Crippen molar-refractivity contribution in [2.24, 2.45) is 0 Å². The minimum atomic E-state index is 0.353. The highest BCUT2D eigenvalue weighted by atomic mass is 79.9. The second kappa shape index (κ2) is 8.44. The predicted molar refractivity (Wildman–Crippen MR) is 92.3 cm³/mol. The van der Waals surface area contributed by atoms with Gasteiger partial charge in [-0.3, -0.25) is 0 Å². The first-order valence-corrected chi connectivity index (χ1v) is 9.29. The molecule has 1 aliphatic carbocycles. The number of halogens is 1. The summed E-state index contributed by atoms with van der Waals surface area (Å²) in [5.74, 6) is 0.737. The molecule has 3 rings (SSSR count). The molecular formula is C18H26BrNO2. The van der Waals surface area contributed by atoms with Gasteiger partial charge in [0.25, 0.3) is 0 Å². The maximum atomic E-state index is 5.68. The van der Waals surface area contributed by atoms with E-state index in [1.165, 1.54) is 24.8 Å². The van der Waals surface area contributed by atoms with Crippen molar-refractivity contribution < 1.29 is 9.47 Å². The zero-order chi connectivity index (χ0) is 15.2. The van der Waals surface area contributed by atoms with Crippen LogP contribution in [0.3, 0.4) is 0 Å². The molecule has 1 aromatic rings. The quantitative estimate of drug-likeness (QED) is 0.707. The molecule has 1 N–H and O–H groups in total. The average molecular weight is 368 g/mol. The van der Waals surface area contributed by atoms with Gasteiger partial charge in [0.05, 0.1) is 12.7 Å². The van der Waals surface area contributed by atoms with E-state index in [4.69, 9.17) is 9.47 Å². The van der Waals surface area contributed by atoms with Crippen molar-refractivity contribution >= 4 is 15.9 Å². The van der Waals surface area contributed by atoms with Gasteiger partial charge in [-0.1, -0.05) is 28.1 Å². The van der Waals surface area contributed by atoms with Gasteiger partial charge in [0, 0.05) is 23.7 Å². The summed E-state index contributed by atoms with van der Waals surface area (Å²) < 4.78 is 12.4. The summed E-state index contributed by atoms with van der Waals surface area (Å²) in [7, 11) is 0. The minimum absolute atomic E-state index is 0.353. The molecule has 3 nitrogen and oxygen atoms in total. The van der Waals surface area contributed by atoms with Gasteiger partial charge in [-0.25, -0.2) is 0 Å². The first kappa shape index (κ1) is 16.4. The van der Waals surface area contributed by atoms with Gasteiger partial charge in [0.2, 0.25) is 0 Å². The molecule has 22 heavy (non-hydrogen) atoms. The lowest BCUT2D eigenvalue weighted by Crippen LogP contribution is -2.40. The SMILES string of the molecule is Brc1ccc(C2CC(NCCCOCC3CCCO3)C2)cc1. The highest BCUT2D eigenvalue weighted by molar-refractivity contribution is 9.10. The second-order valence-electron chi connectivity index (χ2n) is 6.43. The van der Waals surface area contributed by atoms with E-state index < -0.39 is 0 Å². The van der Waals surface area contributed by atoms with Crippen molar-refractivity contribution in [3.05, 3.63) is 34.3 Å². The van der Waals surface area contributed by atoms with Crippen LogP contribution in [0.15, 0.2) is 28.7 Å². The van der Waals surface area contributed by atoms with E-state index in [0.29, 0.717) is 12.1 Å². The molecule has 122 valence electrons. The highest BCUT2D eigenvalue weighted by Crippen LogP contribution is 2.37. The van der Waals surface area contributed by atoms with E-state index in [0.717, 1.165) is 49.6 Å². The molecule has 1 saturated heterocycles. The maximum absolute atomic E-state index is 5.68. The number of hydrogen-bond acceptors (Lipinski definition) is 3. The Morgan fingerprint density at radius 2 is 2.05 bits per heavy atom. The summed E-state index contributed by atoms with van der Waals surface area (Å²) in [6.45, 7) is 3.59. The first-order chi connectivity index (χ1) is 10.8. The minimum Gasteiger partial charge on any atom is -0.379 e. The van der Waals surface area contributed by atoms with Crippen LogP contribution in [0.25, 0.3) is 0 Å². The fourth-order valence-corrected chi connectivity index (χ4v) is 3.53. The van der Waals surface area contributed by atoms with Crippen molar-refractivity contribution in [1.29, 1.82) is 0 Å². The molecule has 0 amide bonds. The Balaban J connectivity index is 1.20. The van der Waals surface area contributed by atoms with E-state index in [1.807, 2.05) is 0 Å². The molecule has 1 unspecified atom stereocenters. The van der Waals surface area contributed by atoms with Crippen molar-refractivity contribution in [3.63, 3.8) is 0 Å². The molecule has 1 atom stereocenters. The smallest absolute Gasteiger partial charge is 0.0809 e. The molecule has 4 heteroatoms. The van der Waals surface area contributed by atoms with Crippen molar-refractivity contribution in [3.8, 4) is 0 Å². The number of ether oxygens (including phenoxy) is 2. The van der Waals surface area contributed by atoms with E-state index in [-0.39, 0.29) is 0 Å². The van der Waals surface area contributed by atoms with Crippen LogP contribution < -0.4 is 5.32 Å². The van der Waals surface area contributed by atoms with Crippen LogP contribution in [0.4, 0.5) is 0 Å². The molecule has 2 fully saturated rings. The van der Waals surface area contributed by atoms with Gasteiger partial charge in [-0.2, -0.15) is 0 Å². The van der Waals surface area contributed by atoms with E-state index in [2.05, 4.69) is 45.5 Å².